The number of aryl methyl sites for hydroxylation is 2. The maximum absolute atomic E-state index is 12.2. The van der Waals surface area contributed by atoms with E-state index in [4.69, 9.17) is 9.47 Å². The summed E-state index contributed by atoms with van der Waals surface area (Å²) in [5, 5.41) is 2.72. The van der Waals surface area contributed by atoms with Crippen molar-refractivity contribution in [2.45, 2.75) is 40.0 Å². The van der Waals surface area contributed by atoms with Crippen molar-refractivity contribution in [1.82, 2.24) is 0 Å². The Morgan fingerprint density at radius 3 is 2.38 bits per heavy atom. The number of esters is 1. The summed E-state index contributed by atoms with van der Waals surface area (Å²) in [7, 11) is 0. The number of rotatable bonds is 10. The molecule has 2 aromatic rings. The molecule has 2 aromatic carbocycles. The lowest BCUT2D eigenvalue weighted by molar-refractivity contribution is -0.147. The Kier molecular flexibility index (Phi) is 8.40. The molecule has 0 spiro atoms. The van der Waals surface area contributed by atoms with Crippen LogP contribution in [0.15, 0.2) is 42.5 Å². The molecule has 0 atom stereocenters. The van der Waals surface area contributed by atoms with Crippen LogP contribution in [0.4, 0.5) is 5.69 Å². The molecule has 29 heavy (non-hydrogen) atoms. The third kappa shape index (κ3) is 7.41. The number of hydrogen-bond acceptors (Lipinski definition) is 5. The van der Waals surface area contributed by atoms with Gasteiger partial charge in [-0.2, -0.15) is 0 Å². The molecular formula is C23H27NO5. The predicted molar refractivity (Wildman–Crippen MR) is 111 cm³/mol. The van der Waals surface area contributed by atoms with Gasteiger partial charge in [0.1, 0.15) is 5.75 Å². The molecule has 6 heteroatoms. The van der Waals surface area contributed by atoms with Crippen molar-refractivity contribution < 1.29 is 23.9 Å². The Morgan fingerprint density at radius 1 is 0.966 bits per heavy atom. The van der Waals surface area contributed by atoms with E-state index < -0.39 is 11.9 Å². The predicted octanol–water partition coefficient (Wildman–Crippen LogP) is 4.24. The Labute approximate surface area is 171 Å². The van der Waals surface area contributed by atoms with Crippen LogP contribution in [0.1, 0.15) is 47.7 Å². The maximum Gasteiger partial charge on any atom is 0.306 e. The molecular weight excluding hydrogens is 370 g/mol. The molecule has 2 rings (SSSR count). The Hall–Kier alpha value is -3.15. The Bertz CT molecular complexity index is 858. The van der Waals surface area contributed by atoms with Gasteiger partial charge >= 0.3 is 5.97 Å². The van der Waals surface area contributed by atoms with Gasteiger partial charge in [-0.05, 0) is 61.7 Å². The number of benzene rings is 2. The number of carbonyl (C=O) groups excluding carboxylic acids is 3. The van der Waals surface area contributed by atoms with Crippen LogP contribution in [0.5, 0.6) is 5.75 Å². The van der Waals surface area contributed by atoms with Gasteiger partial charge in [-0.25, -0.2) is 0 Å². The van der Waals surface area contributed by atoms with Crippen molar-refractivity contribution >= 4 is 23.3 Å². The second-order valence-corrected chi connectivity index (χ2v) is 6.82. The number of hydrogen-bond donors (Lipinski definition) is 1. The van der Waals surface area contributed by atoms with Crippen molar-refractivity contribution in [3.8, 4) is 5.75 Å². The monoisotopic (exact) mass is 397 g/mol. The molecule has 0 aliphatic rings. The minimum Gasteiger partial charge on any atom is -0.494 e. The van der Waals surface area contributed by atoms with E-state index in [0.717, 1.165) is 17.5 Å². The number of nitrogens with one attached hydrogen (secondary N) is 1. The molecule has 0 saturated carbocycles. The highest BCUT2D eigenvalue weighted by Gasteiger charge is 2.13. The van der Waals surface area contributed by atoms with Gasteiger partial charge in [0.15, 0.2) is 12.4 Å². The number of ketones is 1. The normalized spacial score (nSPS) is 10.3. The van der Waals surface area contributed by atoms with Gasteiger partial charge in [0.05, 0.1) is 13.0 Å². The highest BCUT2D eigenvalue weighted by Crippen LogP contribution is 2.16. The van der Waals surface area contributed by atoms with Gasteiger partial charge in [-0.3, -0.25) is 14.4 Å². The summed E-state index contributed by atoms with van der Waals surface area (Å²) in [6.07, 6.45) is 0.849. The van der Waals surface area contributed by atoms with Crippen LogP contribution in [0, 0.1) is 13.8 Å². The smallest absolute Gasteiger partial charge is 0.306 e. The van der Waals surface area contributed by atoms with E-state index in [0.29, 0.717) is 23.6 Å². The SMILES string of the molecule is CCCOc1ccc(C(=O)CCC(=O)OCC(=O)Nc2cc(C)ccc2C)cc1. The fourth-order valence-corrected chi connectivity index (χ4v) is 2.59. The molecule has 0 aliphatic carbocycles. The minimum atomic E-state index is -0.586. The summed E-state index contributed by atoms with van der Waals surface area (Å²) in [5.74, 6) is -0.458. The fourth-order valence-electron chi connectivity index (χ4n) is 2.59. The first-order chi connectivity index (χ1) is 13.9. The maximum atomic E-state index is 12.2. The lowest BCUT2D eigenvalue weighted by Gasteiger charge is -2.10. The van der Waals surface area contributed by atoms with Gasteiger partial charge in [0.2, 0.25) is 0 Å². The van der Waals surface area contributed by atoms with Gasteiger partial charge in [0, 0.05) is 17.7 Å². The van der Waals surface area contributed by atoms with Gasteiger partial charge in [-0.1, -0.05) is 19.1 Å². The molecule has 1 amide bonds. The minimum absolute atomic E-state index is 0.0204. The molecule has 6 nitrogen and oxygen atoms in total. The molecule has 0 unspecified atom stereocenters. The van der Waals surface area contributed by atoms with E-state index in [-0.39, 0.29) is 25.2 Å². The van der Waals surface area contributed by atoms with Crippen LogP contribution in [0.2, 0.25) is 0 Å². The van der Waals surface area contributed by atoms with E-state index in [1.807, 2.05) is 39.0 Å². The summed E-state index contributed by atoms with van der Waals surface area (Å²) in [4.78, 5) is 36.0. The molecule has 0 radical (unpaired) electrons. The van der Waals surface area contributed by atoms with Crippen molar-refractivity contribution in [3.63, 3.8) is 0 Å². The topological polar surface area (TPSA) is 81.7 Å². The van der Waals surface area contributed by atoms with Gasteiger partial charge in [-0.15, -0.1) is 0 Å². The van der Waals surface area contributed by atoms with Crippen molar-refractivity contribution in [3.05, 3.63) is 59.2 Å². The first-order valence-corrected chi connectivity index (χ1v) is 9.68. The summed E-state index contributed by atoms with van der Waals surface area (Å²) in [6.45, 7) is 6.07. The molecule has 0 fully saturated rings. The standard InChI is InChI=1S/C23H27NO5/c1-4-13-28-19-9-7-18(8-10-19)21(25)11-12-23(27)29-15-22(26)24-20-14-16(2)5-6-17(20)3/h5-10,14H,4,11-13,15H2,1-3H3,(H,24,26). The number of amides is 1. The van der Waals surface area contributed by atoms with Crippen molar-refractivity contribution in [1.29, 1.82) is 0 Å². The largest absolute Gasteiger partial charge is 0.494 e. The van der Waals surface area contributed by atoms with E-state index in [2.05, 4.69) is 5.32 Å². The third-order valence-electron chi connectivity index (χ3n) is 4.24. The zero-order chi connectivity index (χ0) is 21.2. The summed E-state index contributed by atoms with van der Waals surface area (Å²) in [5.41, 5.74) is 3.14. The summed E-state index contributed by atoms with van der Waals surface area (Å²) >= 11 is 0. The number of ether oxygens (including phenoxy) is 2. The Balaban J connectivity index is 1.74. The van der Waals surface area contributed by atoms with Crippen LogP contribution < -0.4 is 10.1 Å². The van der Waals surface area contributed by atoms with Crippen LogP contribution in [0.3, 0.4) is 0 Å². The number of Topliss-reactive ketones (excluding diaryl/α,β-unsaturated/α-hetero) is 1. The molecule has 0 aromatic heterocycles. The summed E-state index contributed by atoms with van der Waals surface area (Å²) < 4.78 is 10.4. The van der Waals surface area contributed by atoms with Crippen LogP contribution in [-0.4, -0.2) is 30.9 Å². The van der Waals surface area contributed by atoms with E-state index in [1.165, 1.54) is 0 Å². The first-order valence-electron chi connectivity index (χ1n) is 9.68. The van der Waals surface area contributed by atoms with E-state index >= 15 is 0 Å². The van der Waals surface area contributed by atoms with Crippen LogP contribution >= 0.6 is 0 Å². The summed E-state index contributed by atoms with van der Waals surface area (Å²) in [6, 6.07) is 12.5. The second kappa shape index (κ2) is 11.0. The molecule has 0 saturated heterocycles. The lowest BCUT2D eigenvalue weighted by atomic mass is 10.1. The second-order valence-electron chi connectivity index (χ2n) is 6.82. The average molecular weight is 397 g/mol. The highest BCUT2D eigenvalue weighted by molar-refractivity contribution is 5.98. The average Bonchev–Trinajstić information content (AvgIpc) is 2.72. The van der Waals surface area contributed by atoms with Crippen LogP contribution in [0.25, 0.3) is 0 Å². The zero-order valence-corrected chi connectivity index (χ0v) is 17.1. The van der Waals surface area contributed by atoms with Crippen molar-refractivity contribution in [2.24, 2.45) is 0 Å². The molecule has 0 aliphatic heterocycles. The number of anilines is 1. The van der Waals surface area contributed by atoms with E-state index in [1.54, 1.807) is 24.3 Å². The Morgan fingerprint density at radius 2 is 1.69 bits per heavy atom. The lowest BCUT2D eigenvalue weighted by Crippen LogP contribution is -2.21. The van der Waals surface area contributed by atoms with E-state index in [9.17, 15) is 14.4 Å². The quantitative estimate of drug-likeness (QED) is 0.479. The molecule has 154 valence electrons. The van der Waals surface area contributed by atoms with Crippen molar-refractivity contribution in [2.75, 3.05) is 18.5 Å². The zero-order valence-electron chi connectivity index (χ0n) is 17.1. The molecule has 0 heterocycles. The van der Waals surface area contributed by atoms with Crippen LogP contribution in [-0.2, 0) is 14.3 Å². The highest BCUT2D eigenvalue weighted by atomic mass is 16.5. The third-order valence-corrected chi connectivity index (χ3v) is 4.24. The fraction of sp³-hybridized carbons (Fsp3) is 0.348. The molecule has 1 N–H and O–H groups in total. The van der Waals surface area contributed by atoms with Gasteiger partial charge < -0.3 is 14.8 Å². The number of carbonyl (C=O) groups is 3. The molecule has 0 bridgehead atoms. The first kappa shape index (κ1) is 22.1. The van der Waals surface area contributed by atoms with Gasteiger partial charge in [0.25, 0.3) is 5.91 Å².